The molecule has 1 aromatic heterocycles. The highest BCUT2D eigenvalue weighted by atomic mass is 16.2. The third-order valence-corrected chi connectivity index (χ3v) is 4.29. The van der Waals surface area contributed by atoms with Gasteiger partial charge in [0.25, 0.3) is 0 Å². The topological polar surface area (TPSA) is 46.1 Å². The Morgan fingerprint density at radius 1 is 1.33 bits per heavy atom. The number of carbonyl (C=O) groups is 1. The predicted molar refractivity (Wildman–Crippen MR) is 82.9 cm³/mol. The fraction of sp³-hybridized carbons (Fsp3) is 0.353. The van der Waals surface area contributed by atoms with Crippen LogP contribution in [0.4, 0.5) is 0 Å². The summed E-state index contributed by atoms with van der Waals surface area (Å²) in [5.74, 6) is 0.0426. The molecule has 1 unspecified atom stereocenters. The van der Waals surface area contributed by atoms with Crippen molar-refractivity contribution in [3.8, 4) is 0 Å². The number of fused-ring (bicyclic) bond motifs is 1. The van der Waals surface area contributed by atoms with Gasteiger partial charge in [0.05, 0.1) is 6.54 Å². The summed E-state index contributed by atoms with van der Waals surface area (Å²) in [4.78, 5) is 12.5. The maximum Gasteiger partial charge on any atom is 0.242 e. The molecule has 0 aliphatic carbocycles. The molecule has 0 spiro atoms. The van der Waals surface area contributed by atoms with Crippen molar-refractivity contribution in [1.29, 1.82) is 0 Å². The lowest BCUT2D eigenvalue weighted by molar-refractivity contribution is -0.123. The van der Waals surface area contributed by atoms with Gasteiger partial charge in [-0.1, -0.05) is 24.3 Å². The summed E-state index contributed by atoms with van der Waals surface area (Å²) in [7, 11) is 2.02. The molecule has 2 N–H and O–H groups in total. The normalized spacial score (nSPS) is 17.3. The molecule has 3 rings (SSSR count). The van der Waals surface area contributed by atoms with Crippen LogP contribution in [0.1, 0.15) is 28.6 Å². The first-order valence-electron chi connectivity index (χ1n) is 7.37. The lowest BCUT2D eigenvalue weighted by Crippen LogP contribution is -2.41. The maximum absolute atomic E-state index is 12.5. The van der Waals surface area contributed by atoms with Crippen LogP contribution in [-0.4, -0.2) is 17.0 Å². The van der Waals surface area contributed by atoms with Gasteiger partial charge < -0.3 is 15.2 Å². The number of benzene rings is 1. The van der Waals surface area contributed by atoms with E-state index in [1.54, 1.807) is 0 Å². The summed E-state index contributed by atoms with van der Waals surface area (Å²) >= 11 is 0. The van der Waals surface area contributed by atoms with E-state index in [2.05, 4.69) is 40.3 Å². The fourth-order valence-electron chi connectivity index (χ4n) is 2.86. The van der Waals surface area contributed by atoms with Crippen molar-refractivity contribution < 1.29 is 4.79 Å². The van der Waals surface area contributed by atoms with Crippen molar-refractivity contribution in [2.45, 2.75) is 25.9 Å². The lowest BCUT2D eigenvalue weighted by Gasteiger charge is -2.26. The molecule has 2 aromatic rings. The van der Waals surface area contributed by atoms with E-state index in [4.69, 9.17) is 0 Å². The molecule has 0 bridgehead atoms. The fourth-order valence-corrected chi connectivity index (χ4v) is 2.86. The van der Waals surface area contributed by atoms with E-state index in [9.17, 15) is 4.79 Å². The highest BCUT2D eigenvalue weighted by Gasteiger charge is 2.25. The van der Waals surface area contributed by atoms with Crippen molar-refractivity contribution >= 4 is 5.91 Å². The van der Waals surface area contributed by atoms with Crippen LogP contribution in [0, 0.1) is 6.92 Å². The van der Waals surface area contributed by atoms with Gasteiger partial charge in [0, 0.05) is 25.0 Å². The molecule has 1 aliphatic rings. The summed E-state index contributed by atoms with van der Waals surface area (Å²) in [6.07, 6.45) is 0.983. The van der Waals surface area contributed by atoms with Gasteiger partial charge in [-0.15, -0.1) is 0 Å². The Bertz CT molecular complexity index is 660. The number of aryl methyl sites for hydroxylation is 1. The van der Waals surface area contributed by atoms with Crippen LogP contribution in [0.25, 0.3) is 0 Å². The van der Waals surface area contributed by atoms with Crippen LogP contribution in [0.5, 0.6) is 0 Å². The van der Waals surface area contributed by atoms with Crippen LogP contribution in [-0.2, 0) is 24.8 Å². The molecule has 0 saturated carbocycles. The molecule has 1 amide bonds. The number of hydrogen-bond donors (Lipinski definition) is 2. The zero-order chi connectivity index (χ0) is 14.8. The first-order chi connectivity index (χ1) is 10.2. The monoisotopic (exact) mass is 283 g/mol. The average Bonchev–Trinajstić information content (AvgIpc) is 2.84. The quantitative estimate of drug-likeness (QED) is 0.903. The van der Waals surface area contributed by atoms with Gasteiger partial charge in [0.2, 0.25) is 5.91 Å². The van der Waals surface area contributed by atoms with Gasteiger partial charge in [0.15, 0.2) is 0 Å². The Kier molecular flexibility index (Phi) is 3.80. The minimum Gasteiger partial charge on any atom is -0.350 e. The van der Waals surface area contributed by atoms with Crippen LogP contribution >= 0.6 is 0 Å². The zero-order valence-corrected chi connectivity index (χ0v) is 12.5. The van der Waals surface area contributed by atoms with Crippen LogP contribution in [0.15, 0.2) is 36.4 Å². The van der Waals surface area contributed by atoms with Crippen LogP contribution < -0.4 is 10.6 Å². The number of amides is 1. The van der Waals surface area contributed by atoms with E-state index in [0.29, 0.717) is 6.54 Å². The van der Waals surface area contributed by atoms with E-state index < -0.39 is 0 Å². The SMILES string of the molecule is Cc1ccc(CNC(=O)C2NCCc3ccccc32)n1C. The molecule has 110 valence electrons. The Balaban J connectivity index is 1.71. The van der Waals surface area contributed by atoms with Crippen molar-refractivity contribution in [2.75, 3.05) is 6.54 Å². The minimum absolute atomic E-state index is 0.0426. The highest BCUT2D eigenvalue weighted by Crippen LogP contribution is 2.22. The molecule has 4 nitrogen and oxygen atoms in total. The summed E-state index contributed by atoms with van der Waals surface area (Å²) in [5, 5.41) is 6.35. The van der Waals surface area contributed by atoms with Gasteiger partial charge in [0.1, 0.15) is 6.04 Å². The zero-order valence-electron chi connectivity index (χ0n) is 12.5. The highest BCUT2D eigenvalue weighted by molar-refractivity contribution is 5.83. The third kappa shape index (κ3) is 2.72. The maximum atomic E-state index is 12.5. The number of rotatable bonds is 3. The van der Waals surface area contributed by atoms with E-state index in [0.717, 1.165) is 24.2 Å². The Morgan fingerprint density at radius 3 is 2.90 bits per heavy atom. The van der Waals surface area contributed by atoms with Gasteiger partial charge in [-0.2, -0.15) is 0 Å². The average molecular weight is 283 g/mol. The number of aromatic nitrogens is 1. The van der Waals surface area contributed by atoms with Crippen LogP contribution in [0.2, 0.25) is 0 Å². The first kappa shape index (κ1) is 13.9. The smallest absolute Gasteiger partial charge is 0.242 e. The molecule has 1 atom stereocenters. The summed E-state index contributed by atoms with van der Waals surface area (Å²) in [6, 6.07) is 12.1. The Morgan fingerprint density at radius 2 is 2.14 bits per heavy atom. The van der Waals surface area contributed by atoms with Gasteiger partial charge in [-0.3, -0.25) is 4.79 Å². The Labute approximate surface area is 125 Å². The predicted octanol–water partition coefficient (Wildman–Crippen LogP) is 1.84. The number of carbonyl (C=O) groups excluding carboxylic acids is 1. The van der Waals surface area contributed by atoms with E-state index in [-0.39, 0.29) is 11.9 Å². The second-order valence-corrected chi connectivity index (χ2v) is 5.58. The molecule has 0 radical (unpaired) electrons. The van der Waals surface area contributed by atoms with Crippen molar-refractivity contribution in [1.82, 2.24) is 15.2 Å². The second kappa shape index (κ2) is 5.74. The molecule has 4 heteroatoms. The molecule has 21 heavy (non-hydrogen) atoms. The van der Waals surface area contributed by atoms with Gasteiger partial charge in [-0.25, -0.2) is 0 Å². The Hall–Kier alpha value is -2.07. The lowest BCUT2D eigenvalue weighted by atomic mass is 9.94. The number of hydrogen-bond acceptors (Lipinski definition) is 2. The van der Waals surface area contributed by atoms with E-state index >= 15 is 0 Å². The molecule has 1 aromatic carbocycles. The van der Waals surface area contributed by atoms with Gasteiger partial charge >= 0.3 is 0 Å². The summed E-state index contributed by atoms with van der Waals surface area (Å²) < 4.78 is 2.10. The van der Waals surface area contributed by atoms with Crippen molar-refractivity contribution in [2.24, 2.45) is 7.05 Å². The van der Waals surface area contributed by atoms with Crippen molar-refractivity contribution in [3.05, 3.63) is 58.9 Å². The molecule has 0 saturated heterocycles. The van der Waals surface area contributed by atoms with E-state index in [1.807, 2.05) is 25.2 Å². The molecule has 0 fully saturated rings. The molecule has 2 heterocycles. The van der Waals surface area contributed by atoms with E-state index in [1.165, 1.54) is 11.3 Å². The minimum atomic E-state index is -0.240. The standard InChI is InChI=1S/C17H21N3O/c1-12-7-8-14(20(12)2)11-19-17(21)16-15-6-4-3-5-13(15)9-10-18-16/h3-8,16,18H,9-11H2,1-2H3,(H,19,21). The van der Waals surface area contributed by atoms with Gasteiger partial charge in [-0.05, 0) is 36.6 Å². The molecular weight excluding hydrogens is 262 g/mol. The summed E-state index contributed by atoms with van der Waals surface area (Å²) in [5.41, 5.74) is 4.68. The molecular formula is C17H21N3O. The largest absolute Gasteiger partial charge is 0.350 e. The second-order valence-electron chi connectivity index (χ2n) is 5.58. The molecule has 1 aliphatic heterocycles. The number of nitrogens with one attached hydrogen (secondary N) is 2. The summed E-state index contributed by atoms with van der Waals surface area (Å²) in [6.45, 7) is 3.46. The number of nitrogens with zero attached hydrogens (tertiary/aromatic N) is 1. The van der Waals surface area contributed by atoms with Crippen LogP contribution in [0.3, 0.4) is 0 Å². The third-order valence-electron chi connectivity index (χ3n) is 4.29. The first-order valence-corrected chi connectivity index (χ1v) is 7.37. The van der Waals surface area contributed by atoms with Crippen molar-refractivity contribution in [3.63, 3.8) is 0 Å².